The second kappa shape index (κ2) is 7.37. The number of benzene rings is 1. The maximum absolute atomic E-state index is 11.8. The van der Waals surface area contributed by atoms with E-state index in [2.05, 4.69) is 28.2 Å². The molecule has 0 spiro atoms. The summed E-state index contributed by atoms with van der Waals surface area (Å²) in [6.45, 7) is 3.81. The molecular weight excluding hydrogens is 358 g/mol. The summed E-state index contributed by atoms with van der Waals surface area (Å²) in [5.41, 5.74) is 1.56. The van der Waals surface area contributed by atoms with E-state index in [9.17, 15) is 9.59 Å². The normalized spacial score (nSPS) is 18.4. The fourth-order valence-electron chi connectivity index (χ4n) is 2.46. The molecule has 0 saturated carbocycles. The Morgan fingerprint density at radius 3 is 2.92 bits per heavy atom. The number of ether oxygens (including phenoxy) is 1. The summed E-state index contributed by atoms with van der Waals surface area (Å²) in [7, 11) is 0. The molecule has 6 nitrogen and oxygen atoms in total. The van der Waals surface area contributed by atoms with Gasteiger partial charge in [0.2, 0.25) is 5.91 Å². The maximum atomic E-state index is 11.8. The molecule has 2 aromatic rings. The number of nitrogens with zero attached hydrogens (tertiary/aromatic N) is 1. The highest BCUT2D eigenvalue weighted by Gasteiger charge is 2.24. The molecule has 1 saturated heterocycles. The second-order valence-electron chi connectivity index (χ2n) is 5.35. The van der Waals surface area contributed by atoms with E-state index in [4.69, 9.17) is 4.74 Å². The molecule has 1 aromatic carbocycles. The lowest BCUT2D eigenvalue weighted by molar-refractivity contribution is -0.116. The molecule has 0 radical (unpaired) electrons. The van der Waals surface area contributed by atoms with Crippen molar-refractivity contribution in [1.29, 1.82) is 0 Å². The molecule has 3 rings (SSSR count). The van der Waals surface area contributed by atoms with Crippen molar-refractivity contribution >= 4 is 59.0 Å². The molecule has 1 aliphatic rings. The summed E-state index contributed by atoms with van der Waals surface area (Å²) in [4.78, 5) is 28.2. The summed E-state index contributed by atoms with van der Waals surface area (Å²) in [5.74, 6) is 0.751. The first-order valence-corrected chi connectivity index (χ1v) is 9.08. The predicted molar refractivity (Wildman–Crippen MR) is 104 cm³/mol. The van der Waals surface area contributed by atoms with Crippen LogP contribution in [-0.2, 0) is 9.59 Å². The smallest absolute Gasteiger partial charge is 0.259 e. The Balaban J connectivity index is 2.04. The minimum atomic E-state index is -0.222. The maximum Gasteiger partial charge on any atom is 0.259 e. The van der Waals surface area contributed by atoms with E-state index in [0.717, 1.165) is 10.9 Å². The zero-order valence-electron chi connectivity index (χ0n) is 13.7. The number of aromatic nitrogens is 1. The topological polar surface area (TPSA) is 80.3 Å². The van der Waals surface area contributed by atoms with Crippen LogP contribution in [0.15, 0.2) is 29.2 Å². The molecule has 0 bridgehead atoms. The zero-order valence-corrected chi connectivity index (χ0v) is 15.4. The Morgan fingerprint density at radius 2 is 2.28 bits per heavy atom. The van der Waals surface area contributed by atoms with Crippen LogP contribution >= 0.6 is 24.4 Å². The predicted octanol–water partition coefficient (Wildman–Crippen LogP) is 3.01. The molecule has 1 aromatic heterocycles. The number of thiol groups is 1. The third-order valence-corrected chi connectivity index (χ3v) is 4.76. The van der Waals surface area contributed by atoms with Gasteiger partial charge in [-0.25, -0.2) is 4.98 Å². The Hall–Kier alpha value is -2.19. The first-order chi connectivity index (χ1) is 12.0. The monoisotopic (exact) mass is 375 g/mol. The lowest BCUT2D eigenvalue weighted by atomic mass is 10.1. The molecule has 1 aliphatic heterocycles. The van der Waals surface area contributed by atoms with Crippen LogP contribution in [0.4, 0.5) is 5.82 Å². The van der Waals surface area contributed by atoms with Gasteiger partial charge in [-0.15, -0.1) is 12.6 Å². The average Bonchev–Trinajstić information content (AvgIpc) is 2.85. The van der Waals surface area contributed by atoms with Gasteiger partial charge in [0.1, 0.15) is 16.3 Å². The average molecular weight is 375 g/mol. The van der Waals surface area contributed by atoms with Crippen LogP contribution in [0.1, 0.15) is 19.4 Å². The van der Waals surface area contributed by atoms with Gasteiger partial charge in [0.25, 0.3) is 5.91 Å². The summed E-state index contributed by atoms with van der Waals surface area (Å²) in [5, 5.41) is 6.21. The van der Waals surface area contributed by atoms with Crippen molar-refractivity contribution < 1.29 is 14.3 Å². The van der Waals surface area contributed by atoms with Gasteiger partial charge in [-0.2, -0.15) is 0 Å². The SMILES string of the molecule is CCOc1cc(NC(C)=O)nc2ccc(/C=C3\SC(S)NC3=O)cc12. The number of hydrogen-bond acceptors (Lipinski definition) is 6. The standard InChI is InChI=1S/C17H17N3O3S2/c1-3-23-13-8-15(18-9(2)21)19-12-5-4-10(6-11(12)13)7-14-16(22)20-17(24)25-14/h4-8,17,24H,3H2,1-2H3,(H,20,22)(H,18,19,21)/b14-7-. The number of hydrogen-bond donors (Lipinski definition) is 3. The van der Waals surface area contributed by atoms with E-state index in [-0.39, 0.29) is 16.5 Å². The molecule has 2 amide bonds. The Labute approximate surface area is 154 Å². The minimum absolute atomic E-state index is 0.130. The van der Waals surface area contributed by atoms with Crippen molar-refractivity contribution in [2.45, 2.75) is 18.6 Å². The molecule has 2 heterocycles. The first kappa shape index (κ1) is 17.6. The quantitative estimate of drug-likeness (QED) is 0.565. The van der Waals surface area contributed by atoms with Gasteiger partial charge < -0.3 is 15.4 Å². The minimum Gasteiger partial charge on any atom is -0.493 e. The van der Waals surface area contributed by atoms with Crippen LogP contribution in [0.5, 0.6) is 5.75 Å². The van der Waals surface area contributed by atoms with Crippen LogP contribution in [0.25, 0.3) is 17.0 Å². The van der Waals surface area contributed by atoms with Crippen LogP contribution in [0.3, 0.4) is 0 Å². The largest absolute Gasteiger partial charge is 0.493 e. The molecule has 8 heteroatoms. The molecular formula is C17H17N3O3S2. The van der Waals surface area contributed by atoms with Crippen molar-refractivity contribution in [3.8, 4) is 5.75 Å². The lowest BCUT2D eigenvalue weighted by Gasteiger charge is -2.11. The lowest BCUT2D eigenvalue weighted by Crippen LogP contribution is -2.19. The van der Waals surface area contributed by atoms with Crippen LogP contribution in [0, 0.1) is 0 Å². The molecule has 2 N–H and O–H groups in total. The van der Waals surface area contributed by atoms with Crippen LogP contribution in [-0.4, -0.2) is 28.1 Å². The van der Waals surface area contributed by atoms with Gasteiger partial charge in [-0.05, 0) is 30.7 Å². The van der Waals surface area contributed by atoms with Crippen molar-refractivity contribution in [1.82, 2.24) is 10.3 Å². The van der Waals surface area contributed by atoms with Crippen molar-refractivity contribution in [2.75, 3.05) is 11.9 Å². The van der Waals surface area contributed by atoms with E-state index >= 15 is 0 Å². The van der Waals surface area contributed by atoms with Crippen molar-refractivity contribution in [3.63, 3.8) is 0 Å². The van der Waals surface area contributed by atoms with E-state index in [0.29, 0.717) is 28.6 Å². The van der Waals surface area contributed by atoms with Gasteiger partial charge in [-0.3, -0.25) is 9.59 Å². The fourth-order valence-corrected chi connectivity index (χ4v) is 3.69. The summed E-state index contributed by atoms with van der Waals surface area (Å²) >= 11 is 5.61. The number of carbonyl (C=O) groups excluding carboxylic acids is 2. The van der Waals surface area contributed by atoms with Crippen LogP contribution < -0.4 is 15.4 Å². The van der Waals surface area contributed by atoms with Gasteiger partial charge in [0, 0.05) is 18.4 Å². The molecule has 1 unspecified atom stereocenters. The molecule has 1 fully saturated rings. The van der Waals surface area contributed by atoms with Gasteiger partial charge in [-0.1, -0.05) is 17.8 Å². The number of amides is 2. The third kappa shape index (κ3) is 4.08. The summed E-state index contributed by atoms with van der Waals surface area (Å²) in [6, 6.07) is 7.32. The second-order valence-corrected chi connectivity index (χ2v) is 7.36. The fraction of sp³-hybridized carbons (Fsp3) is 0.235. The number of carbonyl (C=O) groups is 2. The van der Waals surface area contributed by atoms with Gasteiger partial charge in [0.05, 0.1) is 17.0 Å². The van der Waals surface area contributed by atoms with E-state index in [1.807, 2.05) is 31.2 Å². The number of thioether (sulfide) groups is 1. The summed E-state index contributed by atoms with van der Waals surface area (Å²) in [6.07, 6.45) is 1.81. The highest BCUT2D eigenvalue weighted by Crippen LogP contribution is 2.33. The van der Waals surface area contributed by atoms with Gasteiger partial charge >= 0.3 is 0 Å². The van der Waals surface area contributed by atoms with Crippen molar-refractivity contribution in [3.05, 3.63) is 34.7 Å². The van der Waals surface area contributed by atoms with E-state index in [1.54, 1.807) is 6.07 Å². The van der Waals surface area contributed by atoms with Crippen molar-refractivity contribution in [2.24, 2.45) is 0 Å². The Morgan fingerprint density at radius 1 is 1.48 bits per heavy atom. The van der Waals surface area contributed by atoms with E-state index in [1.165, 1.54) is 18.7 Å². The molecule has 1 atom stereocenters. The Kier molecular flexibility index (Phi) is 5.19. The number of fused-ring (bicyclic) bond motifs is 1. The number of nitrogens with one attached hydrogen (secondary N) is 2. The molecule has 0 aliphatic carbocycles. The van der Waals surface area contributed by atoms with Gasteiger partial charge in [0.15, 0.2) is 0 Å². The number of pyridine rings is 1. The zero-order chi connectivity index (χ0) is 18.0. The third-order valence-electron chi connectivity index (χ3n) is 3.41. The first-order valence-electron chi connectivity index (χ1n) is 7.68. The number of rotatable bonds is 4. The molecule has 130 valence electrons. The highest BCUT2D eigenvalue weighted by atomic mass is 32.2. The highest BCUT2D eigenvalue weighted by molar-refractivity contribution is 8.14. The van der Waals surface area contributed by atoms with Crippen LogP contribution in [0.2, 0.25) is 0 Å². The number of anilines is 1. The molecule has 25 heavy (non-hydrogen) atoms. The Bertz CT molecular complexity index is 883. The summed E-state index contributed by atoms with van der Waals surface area (Å²) < 4.78 is 5.47. The van der Waals surface area contributed by atoms with E-state index < -0.39 is 0 Å².